The van der Waals surface area contributed by atoms with Crippen LogP contribution < -0.4 is 0 Å². The molecule has 0 fully saturated rings. The number of carbonyl (C=O) groups is 1. The average molecular weight is 180 g/mol. The highest BCUT2D eigenvalue weighted by Crippen LogP contribution is 2.35. The van der Waals surface area contributed by atoms with Crippen molar-refractivity contribution in [2.24, 2.45) is 0 Å². The lowest BCUT2D eigenvalue weighted by atomic mass is 9.85. The van der Waals surface area contributed by atoms with Crippen LogP contribution in [0, 0.1) is 0 Å². The third kappa shape index (κ3) is 1.20. The van der Waals surface area contributed by atoms with Gasteiger partial charge in [-0.3, -0.25) is 4.79 Å². The van der Waals surface area contributed by atoms with Crippen molar-refractivity contribution in [2.75, 3.05) is 0 Å². The Hall–Kier alpha value is -0.630. The molecule has 0 bridgehead atoms. The van der Waals surface area contributed by atoms with Gasteiger partial charge in [0, 0.05) is 10.8 Å². The summed E-state index contributed by atoms with van der Waals surface area (Å²) in [6.45, 7) is 1.71. The maximum atomic E-state index is 11.3. The molecule has 12 heavy (non-hydrogen) atoms. The van der Waals surface area contributed by atoms with Crippen molar-refractivity contribution in [2.45, 2.75) is 32.1 Å². The molecule has 0 N–H and O–H groups in total. The molecule has 1 aromatic heterocycles. The molecule has 0 saturated heterocycles. The van der Waals surface area contributed by atoms with Gasteiger partial charge in [0.25, 0.3) is 0 Å². The Morgan fingerprint density at radius 3 is 3.25 bits per heavy atom. The molecule has 1 atom stereocenters. The van der Waals surface area contributed by atoms with Gasteiger partial charge in [0.05, 0.1) is 0 Å². The highest BCUT2D eigenvalue weighted by Gasteiger charge is 2.24. The molecule has 0 aliphatic heterocycles. The van der Waals surface area contributed by atoms with Crippen molar-refractivity contribution in [1.82, 2.24) is 0 Å². The second kappa shape index (κ2) is 3.02. The zero-order valence-corrected chi connectivity index (χ0v) is 7.99. The number of thiophene rings is 1. The van der Waals surface area contributed by atoms with E-state index in [4.69, 9.17) is 0 Å². The van der Waals surface area contributed by atoms with Gasteiger partial charge in [-0.25, -0.2) is 0 Å². The van der Waals surface area contributed by atoms with Crippen LogP contribution in [0.4, 0.5) is 0 Å². The van der Waals surface area contributed by atoms with Crippen LogP contribution in [0.2, 0.25) is 0 Å². The number of ketones is 1. The molecule has 1 unspecified atom stereocenters. The minimum Gasteiger partial charge on any atom is -0.299 e. The zero-order chi connectivity index (χ0) is 8.55. The summed E-state index contributed by atoms with van der Waals surface area (Å²) in [6, 6.07) is 2.12. The predicted octanol–water partition coefficient (Wildman–Crippen LogP) is 2.76. The molecule has 2 rings (SSSR count). The van der Waals surface area contributed by atoms with Crippen LogP contribution in [0.15, 0.2) is 11.4 Å². The van der Waals surface area contributed by atoms with Crippen molar-refractivity contribution in [3.63, 3.8) is 0 Å². The van der Waals surface area contributed by atoms with Gasteiger partial charge in [-0.1, -0.05) is 0 Å². The molecule has 2 heteroatoms. The molecule has 1 heterocycles. The topological polar surface area (TPSA) is 17.1 Å². The minimum absolute atomic E-state index is 0.208. The summed E-state index contributed by atoms with van der Waals surface area (Å²) in [4.78, 5) is 12.7. The molecular formula is C10H12OS. The van der Waals surface area contributed by atoms with Crippen molar-refractivity contribution in [3.8, 4) is 0 Å². The first-order valence-corrected chi connectivity index (χ1v) is 5.23. The summed E-state index contributed by atoms with van der Waals surface area (Å²) < 4.78 is 0. The van der Waals surface area contributed by atoms with Gasteiger partial charge in [-0.05, 0) is 43.2 Å². The number of Topliss-reactive ketones (excluding diaryl/α,β-unsaturated/α-hetero) is 1. The van der Waals surface area contributed by atoms with Gasteiger partial charge < -0.3 is 0 Å². The second-order valence-corrected chi connectivity index (χ2v) is 4.36. The second-order valence-electron chi connectivity index (χ2n) is 3.35. The Kier molecular flexibility index (Phi) is 2.01. The SMILES string of the molecule is CC(=O)C1CCCc2sccc21. The summed E-state index contributed by atoms with van der Waals surface area (Å²) in [5, 5.41) is 2.10. The molecule has 0 aromatic carbocycles. The largest absolute Gasteiger partial charge is 0.299 e. The quantitative estimate of drug-likeness (QED) is 0.649. The normalized spacial score (nSPS) is 21.9. The van der Waals surface area contributed by atoms with E-state index in [0.29, 0.717) is 5.78 Å². The fourth-order valence-corrected chi connectivity index (χ4v) is 2.90. The van der Waals surface area contributed by atoms with Crippen molar-refractivity contribution in [3.05, 3.63) is 21.9 Å². The molecule has 1 aliphatic carbocycles. The summed E-state index contributed by atoms with van der Waals surface area (Å²) in [7, 11) is 0. The standard InChI is InChI=1S/C10H12OS/c1-7(11)8-3-2-4-10-9(8)5-6-12-10/h5-6,8H,2-4H2,1H3. The van der Waals surface area contributed by atoms with E-state index in [9.17, 15) is 4.79 Å². The highest BCUT2D eigenvalue weighted by atomic mass is 32.1. The predicted molar refractivity (Wildman–Crippen MR) is 50.7 cm³/mol. The van der Waals surface area contributed by atoms with Crippen molar-refractivity contribution < 1.29 is 4.79 Å². The van der Waals surface area contributed by atoms with Crippen LogP contribution in [0.5, 0.6) is 0 Å². The maximum Gasteiger partial charge on any atom is 0.137 e. The Bertz CT molecular complexity index is 301. The summed E-state index contributed by atoms with van der Waals surface area (Å²) in [6.07, 6.45) is 3.41. The molecule has 1 nitrogen and oxygen atoms in total. The van der Waals surface area contributed by atoms with E-state index >= 15 is 0 Å². The molecule has 0 saturated carbocycles. The minimum atomic E-state index is 0.208. The fraction of sp³-hybridized carbons (Fsp3) is 0.500. The van der Waals surface area contributed by atoms with Gasteiger partial charge >= 0.3 is 0 Å². The van der Waals surface area contributed by atoms with E-state index in [1.165, 1.54) is 23.3 Å². The lowest BCUT2D eigenvalue weighted by molar-refractivity contribution is -0.118. The Labute approximate surface area is 76.4 Å². The van der Waals surface area contributed by atoms with Gasteiger partial charge in [-0.2, -0.15) is 0 Å². The summed E-state index contributed by atoms with van der Waals surface area (Å²) in [5.41, 5.74) is 1.30. The van der Waals surface area contributed by atoms with Crippen LogP contribution in [0.25, 0.3) is 0 Å². The van der Waals surface area contributed by atoms with Gasteiger partial charge in [0.1, 0.15) is 5.78 Å². The van der Waals surface area contributed by atoms with Crippen LogP contribution in [-0.2, 0) is 11.2 Å². The molecule has 1 aromatic rings. The number of hydrogen-bond acceptors (Lipinski definition) is 2. The van der Waals surface area contributed by atoms with Crippen molar-refractivity contribution in [1.29, 1.82) is 0 Å². The van der Waals surface area contributed by atoms with Crippen molar-refractivity contribution >= 4 is 17.1 Å². The third-order valence-electron chi connectivity index (χ3n) is 2.54. The molecular weight excluding hydrogens is 168 g/mol. The lowest BCUT2D eigenvalue weighted by Gasteiger charge is -2.19. The summed E-state index contributed by atoms with van der Waals surface area (Å²) in [5.74, 6) is 0.536. The van der Waals surface area contributed by atoms with E-state index in [-0.39, 0.29) is 5.92 Å². The first-order valence-electron chi connectivity index (χ1n) is 4.36. The van der Waals surface area contributed by atoms with E-state index in [1.807, 2.05) is 0 Å². The van der Waals surface area contributed by atoms with E-state index < -0.39 is 0 Å². The zero-order valence-electron chi connectivity index (χ0n) is 7.17. The van der Waals surface area contributed by atoms with E-state index in [1.54, 1.807) is 18.3 Å². The molecule has 0 spiro atoms. The molecule has 64 valence electrons. The number of fused-ring (bicyclic) bond motifs is 1. The number of aryl methyl sites for hydroxylation is 1. The van der Waals surface area contributed by atoms with E-state index in [2.05, 4.69) is 11.4 Å². The average Bonchev–Trinajstić information content (AvgIpc) is 2.49. The number of rotatable bonds is 1. The number of hydrogen-bond donors (Lipinski definition) is 0. The van der Waals surface area contributed by atoms with Gasteiger partial charge in [0.15, 0.2) is 0 Å². The molecule has 1 aliphatic rings. The first-order chi connectivity index (χ1) is 5.79. The van der Waals surface area contributed by atoms with Gasteiger partial charge in [-0.15, -0.1) is 11.3 Å². The molecule has 0 amide bonds. The van der Waals surface area contributed by atoms with E-state index in [0.717, 1.165) is 6.42 Å². The van der Waals surface area contributed by atoms with Crippen LogP contribution in [0.1, 0.15) is 36.1 Å². The monoisotopic (exact) mass is 180 g/mol. The smallest absolute Gasteiger partial charge is 0.137 e. The summed E-state index contributed by atoms with van der Waals surface area (Å²) >= 11 is 1.79. The Balaban J connectivity index is 2.37. The van der Waals surface area contributed by atoms with Crippen LogP contribution in [0.3, 0.4) is 0 Å². The number of carbonyl (C=O) groups excluding carboxylic acids is 1. The molecule has 0 radical (unpaired) electrons. The Morgan fingerprint density at radius 2 is 2.50 bits per heavy atom. The maximum absolute atomic E-state index is 11.3. The van der Waals surface area contributed by atoms with Crippen LogP contribution in [-0.4, -0.2) is 5.78 Å². The fourth-order valence-electron chi connectivity index (χ4n) is 1.91. The van der Waals surface area contributed by atoms with Crippen LogP contribution >= 0.6 is 11.3 Å². The third-order valence-corrected chi connectivity index (χ3v) is 3.54. The lowest BCUT2D eigenvalue weighted by Crippen LogP contribution is -2.13. The Morgan fingerprint density at radius 1 is 1.67 bits per heavy atom. The highest BCUT2D eigenvalue weighted by molar-refractivity contribution is 7.10. The van der Waals surface area contributed by atoms with Gasteiger partial charge in [0.2, 0.25) is 0 Å². The first kappa shape index (κ1) is 7.99.